The summed E-state index contributed by atoms with van der Waals surface area (Å²) >= 11 is 2.92. The second-order valence-corrected chi connectivity index (χ2v) is 8.20. The van der Waals surface area contributed by atoms with Gasteiger partial charge in [-0.15, -0.1) is 11.8 Å². The highest BCUT2D eigenvalue weighted by Crippen LogP contribution is 2.31. The molecule has 0 saturated carbocycles. The number of hydrogen-bond donors (Lipinski definition) is 0. The van der Waals surface area contributed by atoms with Gasteiger partial charge in [0, 0.05) is 18.2 Å². The third kappa shape index (κ3) is 3.92. The molecule has 9 heteroatoms. The van der Waals surface area contributed by atoms with Gasteiger partial charge in [-0.2, -0.15) is 0 Å². The lowest BCUT2D eigenvalue weighted by atomic mass is 10.3. The molecular formula is C20H18N2O5S2. The van der Waals surface area contributed by atoms with Crippen molar-refractivity contribution >= 4 is 29.5 Å². The van der Waals surface area contributed by atoms with Crippen LogP contribution in [0.15, 0.2) is 55.7 Å². The summed E-state index contributed by atoms with van der Waals surface area (Å²) in [6.45, 7) is 0. The van der Waals surface area contributed by atoms with Gasteiger partial charge in [0.15, 0.2) is 5.16 Å². The number of esters is 1. The van der Waals surface area contributed by atoms with Crippen LogP contribution in [0, 0.1) is 0 Å². The number of thioether (sulfide) groups is 2. The molecule has 1 aromatic carbocycles. The standard InChI is InChI=1S/C20H18N2O5S2/c1-25-13-5-3-4-12(10-13)22-18(23)17-15(8-9-28-17)21-20(22)29-11-14-6-7-16(27-14)19(24)26-2/h3-7,10H,8-9,11H2,1-2H3. The third-order valence-electron chi connectivity index (χ3n) is 4.37. The minimum atomic E-state index is -0.526. The Bertz CT molecular complexity index is 1120. The lowest BCUT2D eigenvalue weighted by Crippen LogP contribution is -2.23. The van der Waals surface area contributed by atoms with Crippen LogP contribution in [0.3, 0.4) is 0 Å². The molecule has 0 radical (unpaired) electrons. The molecule has 3 heterocycles. The van der Waals surface area contributed by atoms with E-state index in [1.165, 1.54) is 30.6 Å². The summed E-state index contributed by atoms with van der Waals surface area (Å²) < 4.78 is 17.1. The maximum absolute atomic E-state index is 13.2. The first-order valence-corrected chi connectivity index (χ1v) is 10.8. The summed E-state index contributed by atoms with van der Waals surface area (Å²) in [6.07, 6.45) is 0.773. The van der Waals surface area contributed by atoms with E-state index in [4.69, 9.17) is 14.1 Å². The highest BCUT2D eigenvalue weighted by atomic mass is 32.2. The number of ether oxygens (including phenoxy) is 2. The minimum absolute atomic E-state index is 0.0806. The Kier molecular flexibility index (Phi) is 5.68. The van der Waals surface area contributed by atoms with E-state index in [1.54, 1.807) is 29.9 Å². The normalized spacial score (nSPS) is 12.6. The van der Waals surface area contributed by atoms with Crippen LogP contribution in [0.25, 0.3) is 5.69 Å². The van der Waals surface area contributed by atoms with Gasteiger partial charge in [0.25, 0.3) is 5.56 Å². The lowest BCUT2D eigenvalue weighted by Gasteiger charge is -2.14. The number of carbonyl (C=O) groups excluding carboxylic acids is 1. The Hall–Kier alpha value is -2.65. The molecule has 0 unspecified atom stereocenters. The first kappa shape index (κ1) is 19.7. The number of furan rings is 1. The minimum Gasteiger partial charge on any atom is -0.497 e. The van der Waals surface area contributed by atoms with Crippen LogP contribution in [0.5, 0.6) is 5.75 Å². The fourth-order valence-electron chi connectivity index (χ4n) is 2.97. The molecule has 7 nitrogen and oxygen atoms in total. The number of fused-ring (bicyclic) bond motifs is 1. The Morgan fingerprint density at radius 1 is 1.31 bits per heavy atom. The highest BCUT2D eigenvalue weighted by Gasteiger charge is 2.23. The second kappa shape index (κ2) is 8.38. The molecule has 1 aliphatic heterocycles. The number of methoxy groups -OCH3 is 2. The molecule has 0 bridgehead atoms. The van der Waals surface area contributed by atoms with Gasteiger partial charge in [-0.05, 0) is 24.3 Å². The second-order valence-electron chi connectivity index (χ2n) is 6.16. The van der Waals surface area contributed by atoms with Gasteiger partial charge in [-0.25, -0.2) is 9.78 Å². The average Bonchev–Trinajstić information content (AvgIpc) is 3.41. The van der Waals surface area contributed by atoms with E-state index in [1.807, 2.05) is 18.2 Å². The quantitative estimate of drug-likeness (QED) is 0.333. The van der Waals surface area contributed by atoms with Gasteiger partial charge in [0.1, 0.15) is 11.5 Å². The Morgan fingerprint density at radius 2 is 2.17 bits per heavy atom. The molecule has 0 fully saturated rings. The maximum atomic E-state index is 13.2. The lowest BCUT2D eigenvalue weighted by molar-refractivity contribution is 0.0563. The van der Waals surface area contributed by atoms with Crippen molar-refractivity contribution in [1.82, 2.24) is 9.55 Å². The molecule has 0 N–H and O–H groups in total. The molecule has 150 valence electrons. The van der Waals surface area contributed by atoms with Crippen LogP contribution in [0.1, 0.15) is 22.0 Å². The summed E-state index contributed by atoms with van der Waals surface area (Å²) in [5.74, 6) is 2.14. The van der Waals surface area contributed by atoms with Gasteiger partial charge in [0.2, 0.25) is 5.76 Å². The van der Waals surface area contributed by atoms with Crippen molar-refractivity contribution in [2.45, 2.75) is 22.2 Å². The number of aromatic nitrogens is 2. The number of aryl methyl sites for hydroxylation is 1. The van der Waals surface area contributed by atoms with E-state index in [0.29, 0.717) is 33.0 Å². The average molecular weight is 431 g/mol. The number of carbonyl (C=O) groups is 1. The van der Waals surface area contributed by atoms with Crippen molar-refractivity contribution in [1.29, 1.82) is 0 Å². The van der Waals surface area contributed by atoms with Crippen LogP contribution in [0.4, 0.5) is 0 Å². The fourth-order valence-corrected chi connectivity index (χ4v) is 4.92. The molecule has 0 saturated heterocycles. The maximum Gasteiger partial charge on any atom is 0.373 e. The van der Waals surface area contributed by atoms with Crippen molar-refractivity contribution in [2.24, 2.45) is 0 Å². The van der Waals surface area contributed by atoms with E-state index in [0.717, 1.165) is 17.9 Å². The van der Waals surface area contributed by atoms with Crippen molar-refractivity contribution in [3.63, 3.8) is 0 Å². The summed E-state index contributed by atoms with van der Waals surface area (Å²) in [5.41, 5.74) is 1.44. The Labute approximate surface area is 175 Å². The molecule has 2 aromatic heterocycles. The van der Waals surface area contributed by atoms with Gasteiger partial charge in [0.05, 0.1) is 36.2 Å². The van der Waals surface area contributed by atoms with Gasteiger partial charge >= 0.3 is 5.97 Å². The van der Waals surface area contributed by atoms with E-state index in [9.17, 15) is 9.59 Å². The highest BCUT2D eigenvalue weighted by molar-refractivity contribution is 7.99. The molecule has 0 amide bonds. The van der Waals surface area contributed by atoms with Crippen LogP contribution >= 0.6 is 23.5 Å². The topological polar surface area (TPSA) is 83.6 Å². The molecule has 0 spiro atoms. The van der Waals surface area contributed by atoms with E-state index in [2.05, 4.69) is 4.74 Å². The first-order chi connectivity index (χ1) is 14.1. The smallest absolute Gasteiger partial charge is 0.373 e. The van der Waals surface area contributed by atoms with Gasteiger partial charge in [-0.1, -0.05) is 17.8 Å². The Balaban J connectivity index is 1.70. The SMILES string of the molecule is COC(=O)c1ccc(CSc2nc3c(c(=O)n2-c2cccc(OC)c2)SCC3)o1. The third-order valence-corrected chi connectivity index (χ3v) is 6.44. The number of rotatable bonds is 6. The van der Waals surface area contributed by atoms with Crippen molar-refractivity contribution < 1.29 is 18.7 Å². The van der Waals surface area contributed by atoms with Crippen LogP contribution in [0.2, 0.25) is 0 Å². The summed E-state index contributed by atoms with van der Waals surface area (Å²) in [5, 5.41) is 0.570. The van der Waals surface area contributed by atoms with Crippen molar-refractivity contribution in [3.05, 3.63) is 64.0 Å². The van der Waals surface area contributed by atoms with Gasteiger partial charge in [-0.3, -0.25) is 9.36 Å². The van der Waals surface area contributed by atoms with Gasteiger partial charge < -0.3 is 13.9 Å². The zero-order chi connectivity index (χ0) is 20.4. The van der Waals surface area contributed by atoms with Crippen LogP contribution in [-0.2, 0) is 16.9 Å². The summed E-state index contributed by atoms with van der Waals surface area (Å²) in [7, 11) is 2.89. The molecule has 0 atom stereocenters. The molecule has 4 rings (SSSR count). The van der Waals surface area contributed by atoms with Crippen LogP contribution in [-0.4, -0.2) is 35.5 Å². The monoisotopic (exact) mass is 430 g/mol. The molecule has 1 aliphatic rings. The van der Waals surface area contributed by atoms with Crippen molar-refractivity contribution in [3.8, 4) is 11.4 Å². The molecule has 3 aromatic rings. The Morgan fingerprint density at radius 3 is 2.97 bits per heavy atom. The van der Waals surface area contributed by atoms with E-state index >= 15 is 0 Å². The zero-order valence-electron chi connectivity index (χ0n) is 15.8. The predicted molar refractivity (Wildman–Crippen MR) is 110 cm³/mol. The zero-order valence-corrected chi connectivity index (χ0v) is 17.5. The largest absolute Gasteiger partial charge is 0.497 e. The fraction of sp³-hybridized carbons (Fsp3) is 0.250. The molecule has 29 heavy (non-hydrogen) atoms. The first-order valence-electron chi connectivity index (χ1n) is 8.83. The molecular weight excluding hydrogens is 412 g/mol. The number of hydrogen-bond acceptors (Lipinski definition) is 8. The summed E-state index contributed by atoms with van der Waals surface area (Å²) in [6, 6.07) is 10.6. The molecule has 0 aliphatic carbocycles. The number of nitrogens with zero attached hydrogens (tertiary/aromatic N) is 2. The summed E-state index contributed by atoms with van der Waals surface area (Å²) in [4.78, 5) is 30.2. The number of benzene rings is 1. The van der Waals surface area contributed by atoms with E-state index < -0.39 is 5.97 Å². The van der Waals surface area contributed by atoms with Crippen molar-refractivity contribution in [2.75, 3.05) is 20.0 Å². The van der Waals surface area contributed by atoms with Crippen LogP contribution < -0.4 is 10.3 Å². The predicted octanol–water partition coefficient (Wildman–Crippen LogP) is 3.56. The van der Waals surface area contributed by atoms with E-state index in [-0.39, 0.29) is 11.3 Å².